The Balaban J connectivity index is 2.17. The average molecular weight is 372 g/mol. The van der Waals surface area contributed by atoms with Crippen LogP contribution in [0.25, 0.3) is 0 Å². The first-order valence-electron chi connectivity index (χ1n) is 5.97. The van der Waals surface area contributed by atoms with Crippen LogP contribution in [0.5, 0.6) is 5.75 Å². The van der Waals surface area contributed by atoms with Crippen molar-refractivity contribution < 1.29 is 4.74 Å². The van der Waals surface area contributed by atoms with E-state index in [1.807, 2.05) is 24.4 Å². The molecule has 0 spiro atoms. The van der Waals surface area contributed by atoms with Crippen LogP contribution in [0.2, 0.25) is 5.02 Å². The van der Waals surface area contributed by atoms with Crippen molar-refractivity contribution in [2.24, 2.45) is 0 Å². The van der Waals surface area contributed by atoms with Crippen LogP contribution >= 0.6 is 38.9 Å². The molecule has 0 aliphatic rings. The van der Waals surface area contributed by atoms with Crippen LogP contribution in [0.15, 0.2) is 28.1 Å². The lowest BCUT2D eigenvalue weighted by Crippen LogP contribution is -2.02. The van der Waals surface area contributed by atoms with Gasteiger partial charge in [-0.1, -0.05) is 11.6 Å². The van der Waals surface area contributed by atoms with Crippen LogP contribution in [-0.4, -0.2) is 6.61 Å². The standard InChI is InChI=1S/C14H12BrClN2OS/c1-2-19-14-12(15)4-10(16)5-13(14)18-7-11-3-9(6-17)8-20-11/h3-5,8,18H,2,7H2,1H3. The number of rotatable bonds is 5. The zero-order chi connectivity index (χ0) is 14.5. The summed E-state index contributed by atoms with van der Waals surface area (Å²) < 4.78 is 6.44. The minimum atomic E-state index is 0.576. The summed E-state index contributed by atoms with van der Waals surface area (Å²) in [6.45, 7) is 3.13. The molecule has 1 N–H and O–H groups in total. The maximum Gasteiger partial charge on any atom is 0.156 e. The molecule has 3 nitrogen and oxygen atoms in total. The Morgan fingerprint density at radius 2 is 2.25 bits per heavy atom. The molecule has 20 heavy (non-hydrogen) atoms. The molecule has 0 aliphatic carbocycles. The number of anilines is 1. The minimum absolute atomic E-state index is 0.576. The van der Waals surface area contributed by atoms with Crippen molar-refractivity contribution in [3.8, 4) is 11.8 Å². The number of nitrogens with one attached hydrogen (secondary N) is 1. The zero-order valence-corrected chi connectivity index (χ0v) is 13.9. The molecular weight excluding hydrogens is 360 g/mol. The molecule has 2 rings (SSSR count). The fourth-order valence-electron chi connectivity index (χ4n) is 1.70. The van der Waals surface area contributed by atoms with Gasteiger partial charge < -0.3 is 10.1 Å². The average Bonchev–Trinajstić information content (AvgIpc) is 2.88. The van der Waals surface area contributed by atoms with E-state index in [0.717, 1.165) is 20.8 Å². The number of nitriles is 1. The molecule has 0 aliphatic heterocycles. The molecule has 1 aromatic heterocycles. The molecular formula is C14H12BrClN2OS. The van der Waals surface area contributed by atoms with Gasteiger partial charge in [-0.3, -0.25) is 0 Å². The highest BCUT2D eigenvalue weighted by molar-refractivity contribution is 9.10. The molecule has 2 aromatic rings. The van der Waals surface area contributed by atoms with Gasteiger partial charge >= 0.3 is 0 Å². The van der Waals surface area contributed by atoms with E-state index in [9.17, 15) is 0 Å². The second-order valence-corrected chi connectivity index (χ2v) is 6.25. The van der Waals surface area contributed by atoms with E-state index < -0.39 is 0 Å². The Morgan fingerprint density at radius 1 is 1.45 bits per heavy atom. The first kappa shape index (κ1) is 15.2. The largest absolute Gasteiger partial charge is 0.491 e. The van der Waals surface area contributed by atoms with Crippen LogP contribution in [-0.2, 0) is 6.54 Å². The third-order valence-corrected chi connectivity index (χ3v) is 4.28. The summed E-state index contributed by atoms with van der Waals surface area (Å²) >= 11 is 11.1. The second kappa shape index (κ2) is 6.98. The predicted octanol–water partition coefficient (Wildman–Crippen LogP) is 5.05. The highest BCUT2D eigenvalue weighted by atomic mass is 79.9. The number of benzene rings is 1. The van der Waals surface area contributed by atoms with Crippen LogP contribution in [0.3, 0.4) is 0 Å². The lowest BCUT2D eigenvalue weighted by molar-refractivity contribution is 0.339. The maximum atomic E-state index is 8.82. The summed E-state index contributed by atoms with van der Waals surface area (Å²) in [4.78, 5) is 1.08. The third-order valence-electron chi connectivity index (χ3n) is 2.53. The first-order valence-corrected chi connectivity index (χ1v) is 8.02. The molecule has 0 bridgehead atoms. The predicted molar refractivity (Wildman–Crippen MR) is 86.7 cm³/mol. The molecule has 0 saturated heterocycles. The lowest BCUT2D eigenvalue weighted by Gasteiger charge is -2.14. The third kappa shape index (κ3) is 3.66. The zero-order valence-electron chi connectivity index (χ0n) is 10.7. The van der Waals surface area contributed by atoms with E-state index in [2.05, 4.69) is 27.3 Å². The number of thiophene rings is 1. The highest BCUT2D eigenvalue weighted by Gasteiger charge is 2.10. The van der Waals surface area contributed by atoms with Gasteiger partial charge in [0, 0.05) is 21.8 Å². The van der Waals surface area contributed by atoms with Crippen molar-refractivity contribution in [1.29, 1.82) is 5.26 Å². The van der Waals surface area contributed by atoms with Crippen LogP contribution < -0.4 is 10.1 Å². The fraction of sp³-hybridized carbons (Fsp3) is 0.214. The summed E-state index contributed by atoms with van der Waals surface area (Å²) in [5.41, 5.74) is 1.52. The number of ether oxygens (including phenoxy) is 1. The van der Waals surface area contributed by atoms with Crippen molar-refractivity contribution in [2.75, 3.05) is 11.9 Å². The summed E-state index contributed by atoms with van der Waals surface area (Å²) in [5.74, 6) is 0.744. The van der Waals surface area contributed by atoms with Crippen molar-refractivity contribution in [3.05, 3.63) is 43.5 Å². The Bertz CT molecular complexity index is 651. The van der Waals surface area contributed by atoms with Gasteiger partial charge in [0.25, 0.3) is 0 Å². The second-order valence-electron chi connectivity index (χ2n) is 3.96. The van der Waals surface area contributed by atoms with Crippen molar-refractivity contribution in [2.45, 2.75) is 13.5 Å². The maximum absolute atomic E-state index is 8.82. The first-order chi connectivity index (χ1) is 9.63. The topological polar surface area (TPSA) is 45.0 Å². The van der Waals surface area contributed by atoms with Gasteiger partial charge in [0.15, 0.2) is 5.75 Å². The monoisotopic (exact) mass is 370 g/mol. The van der Waals surface area contributed by atoms with Gasteiger partial charge in [0.1, 0.15) is 6.07 Å². The molecule has 0 fully saturated rings. The van der Waals surface area contributed by atoms with Crippen molar-refractivity contribution >= 4 is 44.6 Å². The van der Waals surface area contributed by atoms with Crippen LogP contribution in [0, 0.1) is 11.3 Å². The number of hydrogen-bond donors (Lipinski definition) is 1. The molecule has 0 amide bonds. The normalized spacial score (nSPS) is 10.1. The lowest BCUT2D eigenvalue weighted by atomic mass is 10.2. The van der Waals surface area contributed by atoms with E-state index in [4.69, 9.17) is 21.6 Å². The Hall–Kier alpha value is -1.22. The Kier molecular flexibility index (Phi) is 5.30. The van der Waals surface area contributed by atoms with Crippen LogP contribution in [0.1, 0.15) is 17.4 Å². The minimum Gasteiger partial charge on any atom is -0.491 e. The molecule has 0 unspecified atom stereocenters. The van der Waals surface area contributed by atoms with E-state index in [-0.39, 0.29) is 0 Å². The van der Waals surface area contributed by atoms with Gasteiger partial charge in [-0.2, -0.15) is 5.26 Å². The molecule has 1 aromatic carbocycles. The Morgan fingerprint density at radius 3 is 2.90 bits per heavy atom. The quantitative estimate of drug-likeness (QED) is 0.800. The summed E-state index contributed by atoms with van der Waals surface area (Å²) in [5, 5.41) is 14.6. The van der Waals surface area contributed by atoms with Gasteiger partial charge in [0.05, 0.1) is 22.3 Å². The van der Waals surface area contributed by atoms with E-state index in [1.165, 1.54) is 0 Å². The molecule has 6 heteroatoms. The Labute approximate surface area is 135 Å². The van der Waals surface area contributed by atoms with Gasteiger partial charge in [0.2, 0.25) is 0 Å². The number of halogens is 2. The summed E-state index contributed by atoms with van der Waals surface area (Å²) in [6.07, 6.45) is 0. The van der Waals surface area contributed by atoms with E-state index >= 15 is 0 Å². The van der Waals surface area contributed by atoms with Crippen molar-refractivity contribution in [3.63, 3.8) is 0 Å². The van der Waals surface area contributed by atoms with Crippen LogP contribution in [0.4, 0.5) is 5.69 Å². The number of nitrogens with zero attached hydrogens (tertiary/aromatic N) is 1. The molecule has 1 heterocycles. The van der Waals surface area contributed by atoms with Crippen molar-refractivity contribution in [1.82, 2.24) is 0 Å². The molecule has 0 radical (unpaired) electrons. The molecule has 0 saturated carbocycles. The van der Waals surface area contributed by atoms with E-state index in [1.54, 1.807) is 17.4 Å². The highest BCUT2D eigenvalue weighted by Crippen LogP contribution is 2.37. The molecule has 0 atom stereocenters. The summed E-state index contributed by atoms with van der Waals surface area (Å²) in [7, 11) is 0. The SMILES string of the molecule is CCOc1c(Br)cc(Cl)cc1NCc1cc(C#N)cs1. The van der Waals surface area contributed by atoms with Gasteiger partial charge in [-0.25, -0.2) is 0 Å². The fourth-order valence-corrected chi connectivity index (χ4v) is 3.37. The van der Waals surface area contributed by atoms with Gasteiger partial charge in [-0.15, -0.1) is 11.3 Å². The molecule has 104 valence electrons. The summed E-state index contributed by atoms with van der Waals surface area (Å²) in [6, 6.07) is 7.63. The number of hydrogen-bond acceptors (Lipinski definition) is 4. The van der Waals surface area contributed by atoms with Gasteiger partial charge in [-0.05, 0) is 41.1 Å². The van der Waals surface area contributed by atoms with E-state index in [0.29, 0.717) is 23.7 Å². The smallest absolute Gasteiger partial charge is 0.156 e.